The molecule has 1 N–H and O–H groups in total. The van der Waals surface area contributed by atoms with Crippen LogP contribution in [0, 0.1) is 10.1 Å². The van der Waals surface area contributed by atoms with Gasteiger partial charge in [0.1, 0.15) is 0 Å². The molecule has 0 saturated heterocycles. The summed E-state index contributed by atoms with van der Waals surface area (Å²) < 4.78 is 0. The van der Waals surface area contributed by atoms with E-state index in [0.717, 1.165) is 32.1 Å². The number of nitrogens with one attached hydrogen (secondary N) is 1. The van der Waals surface area contributed by atoms with Crippen LogP contribution in [0.5, 0.6) is 0 Å². The normalized spacial score (nSPS) is 41.2. The van der Waals surface area contributed by atoms with Crippen LogP contribution in [-0.2, 0) is 0 Å². The Morgan fingerprint density at radius 2 is 1.85 bits per heavy atom. The number of hydrogen-bond acceptors (Lipinski definition) is 6. The number of halogens is 1. The average Bonchev–Trinajstić information content (AvgIpc) is 3.07. The van der Waals surface area contributed by atoms with Gasteiger partial charge in [0.15, 0.2) is 0 Å². The molecular formula is C18H30ClN5O2. The van der Waals surface area contributed by atoms with E-state index in [1.54, 1.807) is 0 Å². The highest BCUT2D eigenvalue weighted by Gasteiger charge is 2.44. The zero-order chi connectivity index (χ0) is 18.1. The number of fused-ring (bicyclic) bond motifs is 1. The van der Waals surface area contributed by atoms with Gasteiger partial charge in [-0.25, -0.2) is 0 Å². The van der Waals surface area contributed by atoms with Gasteiger partial charge >= 0.3 is 0 Å². The van der Waals surface area contributed by atoms with Gasteiger partial charge in [-0.05, 0) is 44.9 Å². The summed E-state index contributed by atoms with van der Waals surface area (Å²) in [4.78, 5) is 11.3. The van der Waals surface area contributed by atoms with Crippen molar-refractivity contribution in [1.82, 2.24) is 10.3 Å². The van der Waals surface area contributed by atoms with E-state index < -0.39 is 6.04 Å². The molecule has 0 aromatic carbocycles. The lowest BCUT2D eigenvalue weighted by atomic mass is 9.83. The molecule has 146 valence electrons. The Bertz CT molecular complexity index is 542. The van der Waals surface area contributed by atoms with Crippen LogP contribution in [0.25, 0.3) is 0 Å². The molecule has 8 heteroatoms. The van der Waals surface area contributed by atoms with Gasteiger partial charge in [-0.15, -0.1) is 11.6 Å². The summed E-state index contributed by atoms with van der Waals surface area (Å²) >= 11 is 6.16. The lowest BCUT2D eigenvalue weighted by Gasteiger charge is -2.40. The van der Waals surface area contributed by atoms with E-state index in [1.165, 1.54) is 32.1 Å². The maximum atomic E-state index is 11.4. The third-order valence-corrected chi connectivity index (χ3v) is 7.24. The van der Waals surface area contributed by atoms with Crippen molar-refractivity contribution in [2.45, 2.75) is 112 Å². The monoisotopic (exact) mass is 383 g/mol. The highest BCUT2D eigenvalue weighted by Crippen LogP contribution is 2.36. The third kappa shape index (κ3) is 3.84. The second-order valence-corrected chi connectivity index (χ2v) is 9.17. The van der Waals surface area contributed by atoms with Gasteiger partial charge < -0.3 is 5.32 Å². The van der Waals surface area contributed by atoms with Crippen molar-refractivity contribution in [2.24, 2.45) is 10.3 Å². The Hall–Kier alpha value is -0.950. The summed E-state index contributed by atoms with van der Waals surface area (Å²) in [6.07, 6.45) is 11.7. The molecule has 3 aliphatic carbocycles. The molecule has 1 heterocycles. The highest BCUT2D eigenvalue weighted by atomic mass is 35.5. The molecule has 3 saturated carbocycles. The van der Waals surface area contributed by atoms with Gasteiger partial charge in [-0.2, -0.15) is 5.11 Å². The topological polar surface area (TPSA) is 83.1 Å². The Kier molecular flexibility index (Phi) is 5.64. The van der Waals surface area contributed by atoms with E-state index in [0.29, 0.717) is 24.5 Å². The van der Waals surface area contributed by atoms with Crippen molar-refractivity contribution in [2.75, 3.05) is 0 Å². The van der Waals surface area contributed by atoms with E-state index in [9.17, 15) is 10.1 Å². The maximum Gasteiger partial charge on any atom is 0.229 e. The van der Waals surface area contributed by atoms with Crippen LogP contribution in [-0.4, -0.2) is 51.6 Å². The molecule has 0 spiro atoms. The summed E-state index contributed by atoms with van der Waals surface area (Å²) in [5, 5.41) is 26.4. The van der Waals surface area contributed by atoms with Crippen molar-refractivity contribution in [3.05, 3.63) is 10.1 Å². The van der Waals surface area contributed by atoms with Crippen molar-refractivity contribution < 1.29 is 4.92 Å². The fourth-order valence-electron chi connectivity index (χ4n) is 5.42. The first-order valence-corrected chi connectivity index (χ1v) is 10.8. The molecular weight excluding hydrogens is 354 g/mol. The van der Waals surface area contributed by atoms with Crippen molar-refractivity contribution in [3.8, 4) is 0 Å². The minimum atomic E-state index is -0.562. The molecule has 4 rings (SSSR count). The van der Waals surface area contributed by atoms with Crippen LogP contribution < -0.4 is 5.32 Å². The van der Waals surface area contributed by atoms with Crippen LogP contribution in [0.3, 0.4) is 0 Å². The van der Waals surface area contributed by atoms with Crippen molar-refractivity contribution in [1.29, 1.82) is 0 Å². The van der Waals surface area contributed by atoms with Gasteiger partial charge in [0.05, 0.1) is 18.1 Å². The van der Waals surface area contributed by atoms with Gasteiger partial charge in [0.25, 0.3) is 0 Å². The van der Waals surface area contributed by atoms with Crippen LogP contribution >= 0.6 is 11.6 Å². The molecule has 6 atom stereocenters. The number of hydrogen-bond donors (Lipinski definition) is 1. The van der Waals surface area contributed by atoms with Gasteiger partial charge in [0.2, 0.25) is 6.04 Å². The Morgan fingerprint density at radius 3 is 2.62 bits per heavy atom. The first-order valence-electron chi connectivity index (χ1n) is 10.3. The lowest BCUT2D eigenvalue weighted by Crippen LogP contribution is -2.55. The molecule has 1 aliphatic heterocycles. The maximum absolute atomic E-state index is 11.4. The Morgan fingerprint density at radius 1 is 1.04 bits per heavy atom. The summed E-state index contributed by atoms with van der Waals surface area (Å²) in [5.41, 5.74) is 0. The van der Waals surface area contributed by atoms with E-state index in [2.05, 4.69) is 20.7 Å². The number of alkyl halides is 1. The largest absolute Gasteiger partial charge is 0.305 e. The van der Waals surface area contributed by atoms with Gasteiger partial charge in [-0.3, -0.25) is 15.1 Å². The second-order valence-electron chi connectivity index (χ2n) is 8.56. The standard InChI is InChI=1S/C18H30ClN5O2/c19-12-6-8-15(18(10-12)24(25)26)20-13-7-9-17-16(11-13)21-22-23(17)14-4-2-1-3-5-14/h12-18,20H,1-11H2. The van der Waals surface area contributed by atoms with E-state index >= 15 is 0 Å². The molecule has 6 unspecified atom stereocenters. The smallest absolute Gasteiger partial charge is 0.229 e. The molecule has 0 radical (unpaired) electrons. The first-order chi connectivity index (χ1) is 12.6. The zero-order valence-corrected chi connectivity index (χ0v) is 16.1. The SMILES string of the molecule is O=[N+]([O-])C1CC(Cl)CCC1NC1CCC2C(C1)N=NN2C1CCCCC1. The average molecular weight is 384 g/mol. The van der Waals surface area contributed by atoms with Crippen LogP contribution in [0.1, 0.15) is 70.6 Å². The van der Waals surface area contributed by atoms with Crippen LogP contribution in [0.4, 0.5) is 0 Å². The fraction of sp³-hybridized carbons (Fsp3) is 1.00. The molecule has 0 aromatic heterocycles. The van der Waals surface area contributed by atoms with Gasteiger partial charge in [-0.1, -0.05) is 24.5 Å². The second kappa shape index (κ2) is 7.97. The highest BCUT2D eigenvalue weighted by molar-refractivity contribution is 6.20. The van der Waals surface area contributed by atoms with Crippen LogP contribution in [0.15, 0.2) is 10.3 Å². The van der Waals surface area contributed by atoms with Crippen molar-refractivity contribution >= 4 is 11.6 Å². The third-order valence-electron chi connectivity index (χ3n) is 6.85. The minimum absolute atomic E-state index is 0.0608. The molecule has 3 fully saturated rings. The van der Waals surface area contributed by atoms with Crippen LogP contribution in [0.2, 0.25) is 0 Å². The molecule has 7 nitrogen and oxygen atoms in total. The van der Waals surface area contributed by atoms with E-state index in [4.69, 9.17) is 11.6 Å². The quantitative estimate of drug-likeness (QED) is 0.456. The Balaban J connectivity index is 1.33. The minimum Gasteiger partial charge on any atom is -0.305 e. The van der Waals surface area contributed by atoms with E-state index in [1.807, 2.05) is 0 Å². The van der Waals surface area contributed by atoms with E-state index in [-0.39, 0.29) is 22.4 Å². The molecule has 0 bridgehead atoms. The predicted molar refractivity (Wildman–Crippen MR) is 100.0 cm³/mol. The summed E-state index contributed by atoms with van der Waals surface area (Å²) in [6, 6.07) is 0.954. The molecule has 4 aliphatic rings. The number of rotatable bonds is 4. The molecule has 0 aromatic rings. The molecule has 0 amide bonds. The fourth-order valence-corrected chi connectivity index (χ4v) is 5.73. The lowest BCUT2D eigenvalue weighted by molar-refractivity contribution is -0.530. The predicted octanol–water partition coefficient (Wildman–Crippen LogP) is 3.69. The van der Waals surface area contributed by atoms with Crippen molar-refractivity contribution in [3.63, 3.8) is 0 Å². The molecule has 26 heavy (non-hydrogen) atoms. The van der Waals surface area contributed by atoms with Gasteiger partial charge in [0, 0.05) is 28.8 Å². The number of nitrogens with zero attached hydrogens (tertiary/aromatic N) is 4. The summed E-state index contributed by atoms with van der Waals surface area (Å²) in [5.74, 6) is 0. The number of nitro groups is 1. The zero-order valence-electron chi connectivity index (χ0n) is 15.3. The summed E-state index contributed by atoms with van der Waals surface area (Å²) in [7, 11) is 0. The summed E-state index contributed by atoms with van der Waals surface area (Å²) in [6.45, 7) is 0. The first kappa shape index (κ1) is 18.4. The Labute approximate surface area is 160 Å².